The van der Waals surface area contributed by atoms with Gasteiger partial charge < -0.3 is 4.90 Å². The largest absolute Gasteiger partial charge is 0.338 e. The predicted octanol–water partition coefficient (Wildman–Crippen LogP) is 2.85. The van der Waals surface area contributed by atoms with Crippen molar-refractivity contribution < 1.29 is 4.79 Å². The van der Waals surface area contributed by atoms with Crippen molar-refractivity contribution in [3.05, 3.63) is 21.4 Å². The summed E-state index contributed by atoms with van der Waals surface area (Å²) in [5.41, 5.74) is 1.32. The summed E-state index contributed by atoms with van der Waals surface area (Å²) in [5.74, 6) is 0.236. The highest BCUT2D eigenvalue weighted by Crippen LogP contribution is 2.24. The molecule has 2 rings (SSSR count). The molecule has 0 aliphatic carbocycles. The van der Waals surface area contributed by atoms with Crippen LogP contribution in [-0.4, -0.2) is 23.9 Å². The maximum atomic E-state index is 12.1. The molecule has 1 fully saturated rings. The normalized spacial score (nSPS) is 16.0. The molecule has 0 saturated carbocycles. The van der Waals surface area contributed by atoms with Crippen LogP contribution >= 0.6 is 11.3 Å². The van der Waals surface area contributed by atoms with Crippen molar-refractivity contribution in [1.29, 1.82) is 0 Å². The molecule has 1 aliphatic heterocycles. The van der Waals surface area contributed by atoms with Crippen LogP contribution < -0.4 is 0 Å². The van der Waals surface area contributed by atoms with Gasteiger partial charge in [-0.05, 0) is 37.8 Å². The van der Waals surface area contributed by atoms with Crippen LogP contribution in [0.3, 0.4) is 0 Å². The third-order valence-electron chi connectivity index (χ3n) is 3.01. The van der Waals surface area contributed by atoms with E-state index in [0.717, 1.165) is 37.2 Å². The summed E-state index contributed by atoms with van der Waals surface area (Å²) in [5, 5.41) is 0. The van der Waals surface area contributed by atoms with Gasteiger partial charge in [-0.25, -0.2) is 0 Å². The fourth-order valence-electron chi connectivity index (χ4n) is 2.05. The zero-order valence-electron chi connectivity index (χ0n) is 9.38. The first kappa shape index (κ1) is 10.7. The number of hydrogen-bond donors (Lipinski definition) is 0. The number of amides is 1. The van der Waals surface area contributed by atoms with Crippen LogP contribution in [0.25, 0.3) is 0 Å². The Morgan fingerprint density at radius 3 is 2.67 bits per heavy atom. The first-order chi connectivity index (χ1) is 7.22. The zero-order valence-corrected chi connectivity index (χ0v) is 10.2. The summed E-state index contributed by atoms with van der Waals surface area (Å²) in [6.07, 6.45) is 3.35. The number of thiophene rings is 1. The average Bonchev–Trinajstić information content (AvgIpc) is 2.85. The topological polar surface area (TPSA) is 20.3 Å². The second-order valence-corrected chi connectivity index (χ2v) is 5.30. The average molecular weight is 223 g/mol. The van der Waals surface area contributed by atoms with Gasteiger partial charge in [0, 0.05) is 18.0 Å². The second-order valence-electron chi connectivity index (χ2n) is 4.04. The predicted molar refractivity (Wildman–Crippen MR) is 63.6 cm³/mol. The highest BCUT2D eigenvalue weighted by atomic mass is 32.1. The molecule has 0 bridgehead atoms. The van der Waals surface area contributed by atoms with Gasteiger partial charge in [0.25, 0.3) is 5.91 Å². The summed E-state index contributed by atoms with van der Waals surface area (Å²) >= 11 is 1.64. The molecule has 0 radical (unpaired) electrons. The molecule has 82 valence electrons. The van der Waals surface area contributed by atoms with Crippen molar-refractivity contribution in [2.45, 2.75) is 33.1 Å². The van der Waals surface area contributed by atoms with Crippen LogP contribution in [0, 0.1) is 6.92 Å². The van der Waals surface area contributed by atoms with Crippen LogP contribution in [-0.2, 0) is 6.42 Å². The van der Waals surface area contributed by atoms with Crippen molar-refractivity contribution >= 4 is 17.2 Å². The fourth-order valence-corrected chi connectivity index (χ4v) is 3.13. The zero-order chi connectivity index (χ0) is 10.8. The van der Waals surface area contributed by atoms with Crippen LogP contribution in [0.2, 0.25) is 0 Å². The number of carbonyl (C=O) groups is 1. The summed E-state index contributed by atoms with van der Waals surface area (Å²) < 4.78 is 0. The van der Waals surface area contributed by atoms with Gasteiger partial charge in [-0.2, -0.15) is 0 Å². The van der Waals surface area contributed by atoms with Gasteiger partial charge in [-0.1, -0.05) is 6.92 Å². The summed E-state index contributed by atoms with van der Waals surface area (Å²) in [6.45, 7) is 6.12. The van der Waals surface area contributed by atoms with Crippen molar-refractivity contribution in [2.75, 3.05) is 13.1 Å². The SMILES string of the molecule is CCc1cc(C(=O)N2CCCC2)sc1C. The Kier molecular flexibility index (Phi) is 3.10. The van der Waals surface area contributed by atoms with Crippen LogP contribution in [0.1, 0.15) is 39.9 Å². The molecule has 2 nitrogen and oxygen atoms in total. The van der Waals surface area contributed by atoms with Gasteiger partial charge in [-0.15, -0.1) is 11.3 Å². The Balaban J connectivity index is 2.17. The lowest BCUT2D eigenvalue weighted by Gasteiger charge is -2.13. The standard InChI is InChI=1S/C12H17NOS/c1-3-10-8-11(15-9(10)2)12(14)13-6-4-5-7-13/h8H,3-7H2,1-2H3. The van der Waals surface area contributed by atoms with E-state index >= 15 is 0 Å². The molecule has 2 heterocycles. The van der Waals surface area contributed by atoms with E-state index in [-0.39, 0.29) is 5.91 Å². The summed E-state index contributed by atoms with van der Waals surface area (Å²) in [4.78, 5) is 16.3. The van der Waals surface area contributed by atoms with Crippen molar-refractivity contribution in [3.63, 3.8) is 0 Å². The number of carbonyl (C=O) groups excluding carboxylic acids is 1. The molecule has 0 spiro atoms. The van der Waals surface area contributed by atoms with Crippen LogP contribution in [0.5, 0.6) is 0 Å². The molecule has 15 heavy (non-hydrogen) atoms. The number of nitrogens with zero attached hydrogens (tertiary/aromatic N) is 1. The van der Waals surface area contributed by atoms with Crippen molar-refractivity contribution in [2.24, 2.45) is 0 Å². The van der Waals surface area contributed by atoms with E-state index in [0.29, 0.717) is 0 Å². The molecule has 0 atom stereocenters. The van der Waals surface area contributed by atoms with E-state index in [9.17, 15) is 4.79 Å². The van der Waals surface area contributed by atoms with Crippen molar-refractivity contribution in [3.8, 4) is 0 Å². The van der Waals surface area contributed by atoms with Gasteiger partial charge in [0.05, 0.1) is 4.88 Å². The molecule has 1 saturated heterocycles. The number of hydrogen-bond acceptors (Lipinski definition) is 2. The molecule has 0 aromatic carbocycles. The van der Waals surface area contributed by atoms with E-state index < -0.39 is 0 Å². The molecular weight excluding hydrogens is 206 g/mol. The number of aryl methyl sites for hydroxylation is 2. The van der Waals surface area contributed by atoms with E-state index in [1.165, 1.54) is 10.4 Å². The van der Waals surface area contributed by atoms with E-state index in [2.05, 4.69) is 19.9 Å². The maximum absolute atomic E-state index is 12.1. The highest BCUT2D eigenvalue weighted by molar-refractivity contribution is 7.14. The minimum Gasteiger partial charge on any atom is -0.338 e. The summed E-state index contributed by atoms with van der Waals surface area (Å²) in [7, 11) is 0. The lowest BCUT2D eigenvalue weighted by molar-refractivity contribution is 0.0797. The van der Waals surface area contributed by atoms with Gasteiger partial charge in [-0.3, -0.25) is 4.79 Å². The summed E-state index contributed by atoms with van der Waals surface area (Å²) in [6, 6.07) is 2.07. The second kappa shape index (κ2) is 4.35. The fraction of sp³-hybridized carbons (Fsp3) is 0.583. The monoisotopic (exact) mass is 223 g/mol. The molecule has 1 amide bonds. The molecule has 0 N–H and O–H groups in total. The molecular formula is C12H17NOS. The molecule has 0 unspecified atom stereocenters. The van der Waals surface area contributed by atoms with E-state index in [4.69, 9.17) is 0 Å². The Labute approximate surface area is 94.9 Å². The number of likely N-dealkylation sites (tertiary alicyclic amines) is 1. The Hall–Kier alpha value is -0.830. The first-order valence-corrected chi connectivity index (χ1v) is 6.42. The maximum Gasteiger partial charge on any atom is 0.263 e. The van der Waals surface area contributed by atoms with Gasteiger partial charge >= 0.3 is 0 Å². The molecule has 3 heteroatoms. The third kappa shape index (κ3) is 2.07. The third-order valence-corrected chi connectivity index (χ3v) is 4.09. The molecule has 1 aromatic heterocycles. The smallest absolute Gasteiger partial charge is 0.263 e. The Bertz CT molecular complexity index is 364. The highest BCUT2D eigenvalue weighted by Gasteiger charge is 2.21. The van der Waals surface area contributed by atoms with Crippen molar-refractivity contribution in [1.82, 2.24) is 4.90 Å². The first-order valence-electron chi connectivity index (χ1n) is 5.61. The Morgan fingerprint density at radius 1 is 1.47 bits per heavy atom. The lowest BCUT2D eigenvalue weighted by Crippen LogP contribution is -2.26. The van der Waals surface area contributed by atoms with Gasteiger partial charge in [0.1, 0.15) is 0 Å². The van der Waals surface area contributed by atoms with Crippen LogP contribution in [0.15, 0.2) is 6.07 Å². The molecule has 1 aliphatic rings. The Morgan fingerprint density at radius 2 is 2.13 bits per heavy atom. The van der Waals surface area contributed by atoms with Crippen LogP contribution in [0.4, 0.5) is 0 Å². The van der Waals surface area contributed by atoms with Gasteiger partial charge in [0.15, 0.2) is 0 Å². The molecule has 1 aromatic rings. The number of rotatable bonds is 2. The lowest BCUT2D eigenvalue weighted by atomic mass is 10.2. The quantitative estimate of drug-likeness (QED) is 0.755. The van der Waals surface area contributed by atoms with E-state index in [1.807, 2.05) is 4.90 Å². The minimum atomic E-state index is 0.236. The van der Waals surface area contributed by atoms with Gasteiger partial charge in [0.2, 0.25) is 0 Å². The van der Waals surface area contributed by atoms with E-state index in [1.54, 1.807) is 11.3 Å². The minimum absolute atomic E-state index is 0.236.